The van der Waals surface area contributed by atoms with Crippen molar-refractivity contribution >= 4 is 15.7 Å². The number of benzene rings is 2. The number of rotatable bonds is 5. The van der Waals surface area contributed by atoms with Crippen molar-refractivity contribution in [3.05, 3.63) is 83.6 Å². The zero-order chi connectivity index (χ0) is 21.9. The maximum atomic E-state index is 12.8. The molecule has 0 unspecified atom stereocenters. The van der Waals surface area contributed by atoms with Gasteiger partial charge in [-0.3, -0.25) is 9.78 Å². The van der Waals surface area contributed by atoms with Crippen molar-refractivity contribution in [2.45, 2.75) is 17.6 Å². The summed E-state index contributed by atoms with van der Waals surface area (Å²) in [6, 6.07) is 14.1. The molecule has 3 aromatic rings. The number of amides is 1. The molecule has 156 valence electrons. The fourth-order valence-electron chi connectivity index (χ4n) is 2.71. The van der Waals surface area contributed by atoms with Crippen LogP contribution in [0.1, 0.15) is 21.5 Å². The standard InChI is InChI=1S/C21H17F3N2O3S/c1-30(28,29)18-8-5-15(6-9-18)19-10-7-16(13-25-19)20(27)26-12-14-3-2-4-17(11-14)21(22,23)24/h2-11,13H,12H2,1H3,(H,26,27). The largest absolute Gasteiger partial charge is 0.416 e. The highest BCUT2D eigenvalue weighted by Crippen LogP contribution is 2.29. The molecule has 2 aromatic carbocycles. The van der Waals surface area contributed by atoms with Crippen LogP contribution in [0.2, 0.25) is 0 Å². The minimum absolute atomic E-state index is 0.0581. The molecule has 0 spiro atoms. The van der Waals surface area contributed by atoms with Crippen molar-refractivity contribution in [1.82, 2.24) is 10.3 Å². The lowest BCUT2D eigenvalue weighted by molar-refractivity contribution is -0.137. The third kappa shape index (κ3) is 5.24. The molecule has 5 nitrogen and oxygen atoms in total. The van der Waals surface area contributed by atoms with Gasteiger partial charge in [0.2, 0.25) is 0 Å². The van der Waals surface area contributed by atoms with Crippen molar-refractivity contribution < 1.29 is 26.4 Å². The van der Waals surface area contributed by atoms with E-state index in [0.29, 0.717) is 16.8 Å². The average Bonchev–Trinajstić information content (AvgIpc) is 2.71. The highest BCUT2D eigenvalue weighted by molar-refractivity contribution is 7.90. The van der Waals surface area contributed by atoms with Crippen LogP contribution in [0.15, 0.2) is 71.8 Å². The van der Waals surface area contributed by atoms with Gasteiger partial charge in [0.05, 0.1) is 21.7 Å². The number of halogens is 3. The molecule has 1 aromatic heterocycles. The molecule has 0 fully saturated rings. The van der Waals surface area contributed by atoms with Crippen LogP contribution in [0.3, 0.4) is 0 Å². The van der Waals surface area contributed by atoms with Crippen molar-refractivity contribution in [3.63, 3.8) is 0 Å². The molecule has 9 heteroatoms. The quantitative estimate of drug-likeness (QED) is 0.656. The van der Waals surface area contributed by atoms with E-state index >= 15 is 0 Å². The summed E-state index contributed by atoms with van der Waals surface area (Å²) >= 11 is 0. The van der Waals surface area contributed by atoms with Crippen LogP contribution in [0.5, 0.6) is 0 Å². The van der Waals surface area contributed by atoms with E-state index in [-0.39, 0.29) is 17.0 Å². The zero-order valence-corrected chi connectivity index (χ0v) is 16.6. The third-order valence-electron chi connectivity index (χ3n) is 4.31. The average molecular weight is 434 g/mol. The first-order chi connectivity index (χ1) is 14.0. The minimum atomic E-state index is -4.45. The number of sulfone groups is 1. The number of hydrogen-bond donors (Lipinski definition) is 1. The van der Waals surface area contributed by atoms with Gasteiger partial charge in [-0.25, -0.2) is 8.42 Å². The van der Waals surface area contributed by atoms with Crippen LogP contribution in [-0.4, -0.2) is 25.6 Å². The number of pyridine rings is 1. The summed E-state index contributed by atoms with van der Waals surface area (Å²) < 4.78 is 61.3. The molecule has 1 amide bonds. The number of alkyl halides is 3. The second-order valence-electron chi connectivity index (χ2n) is 6.61. The molecular weight excluding hydrogens is 417 g/mol. The Labute approximate surface area is 171 Å². The van der Waals surface area contributed by atoms with Gasteiger partial charge < -0.3 is 5.32 Å². The predicted octanol–water partition coefficient (Wildman–Crippen LogP) is 4.10. The number of carbonyl (C=O) groups is 1. The molecular formula is C21H17F3N2O3S. The van der Waals surface area contributed by atoms with Gasteiger partial charge in [0.15, 0.2) is 9.84 Å². The Morgan fingerprint density at radius 3 is 2.30 bits per heavy atom. The lowest BCUT2D eigenvalue weighted by atomic mass is 10.1. The van der Waals surface area contributed by atoms with Gasteiger partial charge in [-0.15, -0.1) is 0 Å². The van der Waals surface area contributed by atoms with Crippen molar-refractivity contribution in [2.24, 2.45) is 0 Å². The van der Waals surface area contributed by atoms with E-state index in [0.717, 1.165) is 18.4 Å². The van der Waals surface area contributed by atoms with Crippen LogP contribution in [-0.2, 0) is 22.6 Å². The highest BCUT2D eigenvalue weighted by atomic mass is 32.2. The monoisotopic (exact) mass is 434 g/mol. The number of carbonyl (C=O) groups excluding carboxylic acids is 1. The maximum Gasteiger partial charge on any atom is 0.416 e. The summed E-state index contributed by atoms with van der Waals surface area (Å²) in [5.41, 5.74) is 1.03. The van der Waals surface area contributed by atoms with E-state index in [2.05, 4.69) is 10.3 Å². The summed E-state index contributed by atoms with van der Waals surface area (Å²) in [4.78, 5) is 16.7. The molecule has 1 heterocycles. The molecule has 0 saturated heterocycles. The van der Waals surface area contributed by atoms with Gasteiger partial charge in [-0.05, 0) is 42.0 Å². The normalized spacial score (nSPS) is 11.9. The topological polar surface area (TPSA) is 76.1 Å². The van der Waals surface area contributed by atoms with Crippen molar-refractivity contribution in [1.29, 1.82) is 0 Å². The van der Waals surface area contributed by atoms with E-state index in [1.165, 1.54) is 36.5 Å². The van der Waals surface area contributed by atoms with Crippen LogP contribution >= 0.6 is 0 Å². The Balaban J connectivity index is 1.67. The molecule has 30 heavy (non-hydrogen) atoms. The fraction of sp³-hybridized carbons (Fsp3) is 0.143. The van der Waals surface area contributed by atoms with Crippen molar-refractivity contribution in [2.75, 3.05) is 6.26 Å². The van der Waals surface area contributed by atoms with Gasteiger partial charge in [-0.2, -0.15) is 13.2 Å². The van der Waals surface area contributed by atoms with Crippen LogP contribution in [0.25, 0.3) is 11.3 Å². The minimum Gasteiger partial charge on any atom is -0.348 e. The number of hydrogen-bond acceptors (Lipinski definition) is 4. The Morgan fingerprint density at radius 1 is 1.03 bits per heavy atom. The SMILES string of the molecule is CS(=O)(=O)c1ccc(-c2ccc(C(=O)NCc3cccc(C(F)(F)F)c3)cn2)cc1. The number of nitrogens with one attached hydrogen (secondary N) is 1. The molecule has 1 N–H and O–H groups in total. The summed E-state index contributed by atoms with van der Waals surface area (Å²) in [6.45, 7) is -0.0581. The van der Waals surface area contributed by atoms with Crippen molar-refractivity contribution in [3.8, 4) is 11.3 Å². The van der Waals surface area contributed by atoms with Gasteiger partial charge in [0.1, 0.15) is 0 Å². The third-order valence-corrected chi connectivity index (χ3v) is 5.44. The second-order valence-corrected chi connectivity index (χ2v) is 8.63. The van der Waals surface area contributed by atoms with Gasteiger partial charge in [0.25, 0.3) is 5.91 Å². The van der Waals surface area contributed by atoms with Gasteiger partial charge in [-0.1, -0.05) is 24.3 Å². The molecule has 0 aliphatic carbocycles. The molecule has 0 atom stereocenters. The summed E-state index contributed by atoms with van der Waals surface area (Å²) in [6.07, 6.45) is -1.98. The smallest absolute Gasteiger partial charge is 0.348 e. The Morgan fingerprint density at radius 2 is 1.73 bits per heavy atom. The molecule has 0 aliphatic heterocycles. The number of nitrogens with zero attached hydrogens (tertiary/aromatic N) is 1. The molecule has 3 rings (SSSR count). The highest BCUT2D eigenvalue weighted by Gasteiger charge is 2.30. The van der Waals surface area contributed by atoms with E-state index in [1.54, 1.807) is 18.2 Å². The second kappa shape index (κ2) is 8.27. The van der Waals surface area contributed by atoms with Crippen LogP contribution in [0, 0.1) is 0 Å². The van der Waals surface area contributed by atoms with E-state index in [1.807, 2.05) is 0 Å². The first kappa shape index (κ1) is 21.5. The van der Waals surface area contributed by atoms with Gasteiger partial charge >= 0.3 is 6.18 Å². The predicted molar refractivity (Wildman–Crippen MR) is 105 cm³/mol. The summed E-state index contributed by atoms with van der Waals surface area (Å²) in [5.74, 6) is -0.473. The first-order valence-electron chi connectivity index (χ1n) is 8.75. The Kier molecular flexibility index (Phi) is 5.93. The first-order valence-corrected chi connectivity index (χ1v) is 10.6. The zero-order valence-electron chi connectivity index (χ0n) is 15.8. The molecule has 0 saturated carbocycles. The van der Waals surface area contributed by atoms with Crippen LogP contribution in [0.4, 0.5) is 13.2 Å². The lowest BCUT2D eigenvalue weighted by Gasteiger charge is -2.10. The molecule has 0 aliphatic rings. The molecule has 0 bridgehead atoms. The molecule has 0 radical (unpaired) electrons. The Bertz CT molecular complexity index is 1160. The number of aromatic nitrogens is 1. The lowest BCUT2D eigenvalue weighted by Crippen LogP contribution is -2.23. The van der Waals surface area contributed by atoms with Crippen LogP contribution < -0.4 is 5.32 Å². The van der Waals surface area contributed by atoms with E-state index < -0.39 is 27.5 Å². The van der Waals surface area contributed by atoms with Gasteiger partial charge in [0, 0.05) is 24.6 Å². The maximum absolute atomic E-state index is 12.8. The van der Waals surface area contributed by atoms with E-state index in [4.69, 9.17) is 0 Å². The Hall–Kier alpha value is -3.20. The summed E-state index contributed by atoms with van der Waals surface area (Å²) in [5, 5.41) is 2.56. The fourth-order valence-corrected chi connectivity index (χ4v) is 3.34. The summed E-state index contributed by atoms with van der Waals surface area (Å²) in [7, 11) is -3.30. The van der Waals surface area contributed by atoms with E-state index in [9.17, 15) is 26.4 Å².